The third kappa shape index (κ3) is 3.52. The smallest absolute Gasteiger partial charge is 0.261 e. The summed E-state index contributed by atoms with van der Waals surface area (Å²) in [5, 5.41) is 0. The minimum absolute atomic E-state index is 0.531. The van der Waals surface area contributed by atoms with Gasteiger partial charge in [0, 0.05) is 6.20 Å². The van der Waals surface area contributed by atoms with E-state index < -0.39 is 16.2 Å². The highest BCUT2D eigenvalue weighted by atomic mass is 32.2. The maximum atomic E-state index is 10.8. The molecule has 0 aliphatic rings. The molecule has 1 aromatic rings. The first-order chi connectivity index (χ1) is 5.99. The van der Waals surface area contributed by atoms with E-state index in [1.807, 2.05) is 0 Å². The van der Waals surface area contributed by atoms with Crippen LogP contribution in [0.15, 0.2) is 24.4 Å². The lowest BCUT2D eigenvalue weighted by molar-refractivity contribution is 0.232. The zero-order valence-corrected chi connectivity index (χ0v) is 8.28. The van der Waals surface area contributed by atoms with Crippen molar-refractivity contribution in [3.63, 3.8) is 0 Å². The van der Waals surface area contributed by atoms with Crippen molar-refractivity contribution in [2.45, 2.75) is 13.0 Å². The van der Waals surface area contributed by atoms with Crippen molar-refractivity contribution in [1.82, 2.24) is 4.98 Å². The van der Waals surface area contributed by atoms with Crippen molar-refractivity contribution in [3.8, 4) is 0 Å². The summed E-state index contributed by atoms with van der Waals surface area (Å²) in [5.74, 6) is 0. The molecular weight excluding hydrogens is 190 g/mol. The van der Waals surface area contributed by atoms with Gasteiger partial charge in [-0.25, -0.2) is 0 Å². The van der Waals surface area contributed by atoms with E-state index in [-0.39, 0.29) is 0 Å². The number of rotatable bonds is 3. The molecule has 4 nitrogen and oxygen atoms in total. The molecule has 0 saturated heterocycles. The van der Waals surface area contributed by atoms with E-state index in [2.05, 4.69) is 4.98 Å². The molecule has 1 atom stereocenters. The predicted molar refractivity (Wildman–Crippen MR) is 48.6 cm³/mol. The van der Waals surface area contributed by atoms with Gasteiger partial charge in [-0.2, -0.15) is 8.42 Å². The summed E-state index contributed by atoms with van der Waals surface area (Å²) in [5.41, 5.74) is 0.605. The van der Waals surface area contributed by atoms with Crippen LogP contribution in [0.1, 0.15) is 18.7 Å². The molecule has 0 bridgehead atoms. The monoisotopic (exact) mass is 201 g/mol. The van der Waals surface area contributed by atoms with Gasteiger partial charge >= 0.3 is 0 Å². The second-order valence-corrected chi connectivity index (χ2v) is 4.30. The Bertz CT molecular complexity index is 360. The normalized spacial score (nSPS) is 14.0. The Morgan fingerprint density at radius 2 is 2.15 bits per heavy atom. The molecule has 0 fully saturated rings. The molecule has 0 unspecified atom stereocenters. The lowest BCUT2D eigenvalue weighted by atomic mass is 10.2. The van der Waals surface area contributed by atoms with Gasteiger partial charge in [-0.1, -0.05) is 6.07 Å². The zero-order valence-electron chi connectivity index (χ0n) is 7.47. The van der Waals surface area contributed by atoms with E-state index in [0.29, 0.717) is 5.69 Å². The fourth-order valence-corrected chi connectivity index (χ4v) is 1.55. The first-order valence-corrected chi connectivity index (χ1v) is 5.60. The summed E-state index contributed by atoms with van der Waals surface area (Å²) in [6, 6.07) is 5.26. The van der Waals surface area contributed by atoms with Crippen LogP contribution in [0.5, 0.6) is 0 Å². The standard InChI is InChI=1S/C8H11NO3S/c1-7(12-13(2,10)11)8-5-3-4-6-9-8/h3-7H,1-2H3/t7-/m1/s1. The quantitative estimate of drug-likeness (QED) is 0.687. The van der Waals surface area contributed by atoms with Gasteiger partial charge in [-0.15, -0.1) is 0 Å². The summed E-state index contributed by atoms with van der Waals surface area (Å²) in [6.07, 6.45) is 2.08. The van der Waals surface area contributed by atoms with Gasteiger partial charge in [-0.05, 0) is 19.1 Å². The van der Waals surface area contributed by atoms with Gasteiger partial charge in [0.05, 0.1) is 11.9 Å². The molecule has 0 spiro atoms. The van der Waals surface area contributed by atoms with Gasteiger partial charge < -0.3 is 0 Å². The second kappa shape index (κ2) is 3.85. The second-order valence-electron chi connectivity index (χ2n) is 2.70. The SMILES string of the molecule is C[C@@H](OS(C)(=O)=O)c1ccccn1. The van der Waals surface area contributed by atoms with E-state index in [4.69, 9.17) is 4.18 Å². The van der Waals surface area contributed by atoms with Crippen LogP contribution < -0.4 is 0 Å². The van der Waals surface area contributed by atoms with Crippen LogP contribution in [0.2, 0.25) is 0 Å². The van der Waals surface area contributed by atoms with Crippen LogP contribution in [0.4, 0.5) is 0 Å². The molecule has 0 N–H and O–H groups in total. The zero-order chi connectivity index (χ0) is 9.90. The number of aromatic nitrogens is 1. The minimum Gasteiger partial charge on any atom is -0.261 e. The molecule has 0 saturated carbocycles. The van der Waals surface area contributed by atoms with E-state index in [9.17, 15) is 8.42 Å². The van der Waals surface area contributed by atoms with E-state index in [1.54, 1.807) is 31.3 Å². The third-order valence-corrected chi connectivity index (χ3v) is 2.06. The molecule has 1 rings (SSSR count). The molecule has 13 heavy (non-hydrogen) atoms. The van der Waals surface area contributed by atoms with E-state index in [0.717, 1.165) is 6.26 Å². The highest BCUT2D eigenvalue weighted by molar-refractivity contribution is 7.86. The van der Waals surface area contributed by atoms with Crippen molar-refractivity contribution in [1.29, 1.82) is 0 Å². The van der Waals surface area contributed by atoms with Crippen molar-refractivity contribution < 1.29 is 12.6 Å². The molecule has 1 aromatic heterocycles. The van der Waals surface area contributed by atoms with Crippen LogP contribution in [0.3, 0.4) is 0 Å². The number of hydrogen-bond donors (Lipinski definition) is 0. The molecule has 1 heterocycles. The Hall–Kier alpha value is -0.940. The molecule has 0 aliphatic heterocycles. The van der Waals surface area contributed by atoms with Crippen molar-refractivity contribution >= 4 is 10.1 Å². The minimum atomic E-state index is -3.41. The molecular formula is C8H11NO3S. The maximum absolute atomic E-state index is 10.8. The van der Waals surface area contributed by atoms with Crippen LogP contribution in [0.25, 0.3) is 0 Å². The van der Waals surface area contributed by atoms with Crippen LogP contribution in [0, 0.1) is 0 Å². The third-order valence-electron chi connectivity index (χ3n) is 1.42. The first kappa shape index (κ1) is 10.1. The summed E-state index contributed by atoms with van der Waals surface area (Å²) >= 11 is 0. The molecule has 72 valence electrons. The van der Waals surface area contributed by atoms with Gasteiger partial charge in [-0.3, -0.25) is 9.17 Å². The van der Waals surface area contributed by atoms with Crippen LogP contribution in [-0.4, -0.2) is 19.7 Å². The van der Waals surface area contributed by atoms with Gasteiger partial charge in [0.2, 0.25) is 0 Å². The largest absolute Gasteiger partial charge is 0.265 e. The highest BCUT2D eigenvalue weighted by Gasteiger charge is 2.12. The van der Waals surface area contributed by atoms with Crippen LogP contribution >= 0.6 is 0 Å². The Balaban J connectivity index is 2.76. The highest BCUT2D eigenvalue weighted by Crippen LogP contribution is 2.15. The Kier molecular flexibility index (Phi) is 3.00. The van der Waals surface area contributed by atoms with E-state index in [1.165, 1.54) is 0 Å². The maximum Gasteiger partial charge on any atom is 0.265 e. The average molecular weight is 201 g/mol. The predicted octanol–water partition coefficient (Wildman–Crippen LogP) is 1.12. The van der Waals surface area contributed by atoms with Gasteiger partial charge in [0.25, 0.3) is 10.1 Å². The first-order valence-electron chi connectivity index (χ1n) is 3.78. The number of hydrogen-bond acceptors (Lipinski definition) is 4. The summed E-state index contributed by atoms with van der Waals surface area (Å²) in [7, 11) is -3.41. The van der Waals surface area contributed by atoms with Crippen LogP contribution in [-0.2, 0) is 14.3 Å². The van der Waals surface area contributed by atoms with Crippen molar-refractivity contribution in [2.75, 3.05) is 6.26 Å². The number of nitrogens with zero attached hydrogens (tertiary/aromatic N) is 1. The fourth-order valence-electron chi connectivity index (χ4n) is 0.928. The summed E-state index contributed by atoms with van der Waals surface area (Å²) in [4.78, 5) is 3.97. The molecule has 0 amide bonds. The fraction of sp³-hybridized carbons (Fsp3) is 0.375. The summed E-state index contributed by atoms with van der Waals surface area (Å²) < 4.78 is 26.3. The summed E-state index contributed by atoms with van der Waals surface area (Å²) in [6.45, 7) is 1.64. The average Bonchev–Trinajstić information content (AvgIpc) is 2.03. The van der Waals surface area contributed by atoms with Gasteiger partial charge in [0.15, 0.2) is 0 Å². The van der Waals surface area contributed by atoms with Crippen molar-refractivity contribution in [3.05, 3.63) is 30.1 Å². The molecule has 0 aromatic carbocycles. The Labute approximate surface area is 77.7 Å². The Morgan fingerprint density at radius 3 is 2.62 bits per heavy atom. The molecule has 5 heteroatoms. The Morgan fingerprint density at radius 1 is 1.46 bits per heavy atom. The lowest BCUT2D eigenvalue weighted by Gasteiger charge is -2.09. The lowest BCUT2D eigenvalue weighted by Crippen LogP contribution is -2.08. The molecule has 0 radical (unpaired) electrons. The topological polar surface area (TPSA) is 56.3 Å². The van der Waals surface area contributed by atoms with Crippen molar-refractivity contribution in [2.24, 2.45) is 0 Å². The number of pyridine rings is 1. The van der Waals surface area contributed by atoms with E-state index >= 15 is 0 Å². The van der Waals surface area contributed by atoms with Gasteiger partial charge in [0.1, 0.15) is 6.10 Å². The molecule has 0 aliphatic carbocycles.